The van der Waals surface area contributed by atoms with Crippen LogP contribution in [0.5, 0.6) is 0 Å². The molecule has 26 heavy (non-hydrogen) atoms. The predicted molar refractivity (Wildman–Crippen MR) is 101 cm³/mol. The molecule has 0 saturated heterocycles. The van der Waals surface area contributed by atoms with Gasteiger partial charge in [-0.3, -0.25) is 9.59 Å². The zero-order chi connectivity index (χ0) is 19.1. The molecule has 0 fully saturated rings. The number of nitrogens with zero attached hydrogens (tertiary/aromatic N) is 1. The van der Waals surface area contributed by atoms with E-state index >= 15 is 0 Å². The van der Waals surface area contributed by atoms with Gasteiger partial charge in [0.05, 0.1) is 12.1 Å². The van der Waals surface area contributed by atoms with Gasteiger partial charge in [-0.1, -0.05) is 30.3 Å². The van der Waals surface area contributed by atoms with E-state index in [-0.39, 0.29) is 24.4 Å². The van der Waals surface area contributed by atoms with E-state index in [0.717, 1.165) is 6.42 Å². The molecule has 6 nitrogen and oxygen atoms in total. The second-order valence-electron chi connectivity index (χ2n) is 6.62. The van der Waals surface area contributed by atoms with Crippen molar-refractivity contribution in [3.8, 4) is 0 Å². The van der Waals surface area contributed by atoms with Crippen molar-refractivity contribution in [1.29, 1.82) is 0 Å². The average molecular weight is 357 g/mol. The molecule has 1 atom stereocenters. The van der Waals surface area contributed by atoms with Gasteiger partial charge in [0, 0.05) is 12.6 Å². The zero-order valence-corrected chi connectivity index (χ0v) is 15.8. The van der Waals surface area contributed by atoms with Crippen molar-refractivity contribution < 1.29 is 14.0 Å². The third kappa shape index (κ3) is 5.74. The first kappa shape index (κ1) is 19.7. The first-order valence-electron chi connectivity index (χ1n) is 8.69. The fourth-order valence-corrected chi connectivity index (χ4v) is 2.73. The minimum absolute atomic E-state index is 0.0615. The summed E-state index contributed by atoms with van der Waals surface area (Å²) in [6.45, 7) is 3.96. The molecule has 1 aromatic heterocycles. The molecule has 140 valence electrons. The summed E-state index contributed by atoms with van der Waals surface area (Å²) >= 11 is 0. The van der Waals surface area contributed by atoms with Gasteiger partial charge in [-0.25, -0.2) is 0 Å². The largest absolute Gasteiger partial charge is 0.466 e. The number of carbonyl (C=O) groups is 2. The van der Waals surface area contributed by atoms with Crippen molar-refractivity contribution in [1.82, 2.24) is 15.5 Å². The predicted octanol–water partition coefficient (Wildman–Crippen LogP) is 1.92. The lowest BCUT2D eigenvalue weighted by atomic mass is 10.1. The summed E-state index contributed by atoms with van der Waals surface area (Å²) in [6.07, 6.45) is 0.841. The highest BCUT2D eigenvalue weighted by Crippen LogP contribution is 2.13. The fourth-order valence-electron chi connectivity index (χ4n) is 2.73. The molecule has 2 aromatic rings. The first-order chi connectivity index (χ1) is 12.4. The molecule has 1 heterocycles. The SMILES string of the molecule is Cc1cc(C(=O)NCC(=O)NCC(Cc2ccccc2)N(C)C)c(C)o1. The Morgan fingerprint density at radius 3 is 2.38 bits per heavy atom. The molecule has 2 amide bonds. The van der Waals surface area contributed by atoms with Crippen molar-refractivity contribution in [2.75, 3.05) is 27.2 Å². The van der Waals surface area contributed by atoms with Crippen molar-refractivity contribution in [2.45, 2.75) is 26.3 Å². The van der Waals surface area contributed by atoms with Crippen LogP contribution in [-0.2, 0) is 11.2 Å². The van der Waals surface area contributed by atoms with Crippen LogP contribution < -0.4 is 10.6 Å². The van der Waals surface area contributed by atoms with Crippen molar-refractivity contribution in [2.24, 2.45) is 0 Å². The molecule has 0 spiro atoms. The Labute approximate surface area is 154 Å². The Bertz CT molecular complexity index is 738. The zero-order valence-electron chi connectivity index (χ0n) is 15.8. The number of hydrogen-bond donors (Lipinski definition) is 2. The maximum absolute atomic E-state index is 12.1. The van der Waals surface area contributed by atoms with Gasteiger partial charge in [-0.2, -0.15) is 0 Å². The number of aryl methyl sites for hydroxylation is 2. The van der Waals surface area contributed by atoms with Gasteiger partial charge in [0.15, 0.2) is 0 Å². The lowest BCUT2D eigenvalue weighted by molar-refractivity contribution is -0.120. The molecular weight excluding hydrogens is 330 g/mol. The number of benzene rings is 1. The Hall–Kier alpha value is -2.60. The number of rotatable bonds is 8. The Balaban J connectivity index is 1.80. The summed E-state index contributed by atoms with van der Waals surface area (Å²) in [5, 5.41) is 5.52. The van der Waals surface area contributed by atoms with E-state index < -0.39 is 0 Å². The second-order valence-corrected chi connectivity index (χ2v) is 6.62. The van der Waals surface area contributed by atoms with E-state index in [1.165, 1.54) is 5.56 Å². The Morgan fingerprint density at radius 2 is 1.81 bits per heavy atom. The van der Waals surface area contributed by atoms with E-state index in [4.69, 9.17) is 4.42 Å². The van der Waals surface area contributed by atoms with E-state index in [1.54, 1.807) is 19.9 Å². The van der Waals surface area contributed by atoms with Crippen LogP contribution in [0.3, 0.4) is 0 Å². The Kier molecular flexibility index (Phi) is 6.97. The number of likely N-dealkylation sites (N-methyl/N-ethyl adjacent to an activating group) is 1. The third-order valence-corrected chi connectivity index (χ3v) is 4.27. The molecule has 0 aliphatic heterocycles. The molecule has 1 unspecified atom stereocenters. The van der Waals surface area contributed by atoms with Crippen LogP contribution in [0.2, 0.25) is 0 Å². The Morgan fingerprint density at radius 1 is 1.12 bits per heavy atom. The molecule has 0 bridgehead atoms. The van der Waals surface area contributed by atoms with Crippen LogP contribution in [0.15, 0.2) is 40.8 Å². The maximum atomic E-state index is 12.1. The average Bonchev–Trinajstić information content (AvgIpc) is 2.95. The van der Waals surface area contributed by atoms with Gasteiger partial charge in [0.2, 0.25) is 5.91 Å². The minimum Gasteiger partial charge on any atom is -0.466 e. The highest BCUT2D eigenvalue weighted by Gasteiger charge is 2.16. The lowest BCUT2D eigenvalue weighted by Gasteiger charge is -2.24. The van der Waals surface area contributed by atoms with Crippen LogP contribution in [-0.4, -0.2) is 49.9 Å². The van der Waals surface area contributed by atoms with Crippen molar-refractivity contribution >= 4 is 11.8 Å². The smallest absolute Gasteiger partial charge is 0.255 e. The van der Waals surface area contributed by atoms with Crippen LogP contribution >= 0.6 is 0 Å². The van der Waals surface area contributed by atoms with Crippen LogP contribution in [0.4, 0.5) is 0 Å². The van der Waals surface area contributed by atoms with Crippen molar-refractivity contribution in [3.63, 3.8) is 0 Å². The number of furan rings is 1. The van der Waals surface area contributed by atoms with E-state index in [1.807, 2.05) is 32.3 Å². The fraction of sp³-hybridized carbons (Fsp3) is 0.400. The topological polar surface area (TPSA) is 74.6 Å². The van der Waals surface area contributed by atoms with E-state index in [9.17, 15) is 9.59 Å². The van der Waals surface area contributed by atoms with Gasteiger partial charge < -0.3 is 20.0 Å². The van der Waals surface area contributed by atoms with Gasteiger partial charge >= 0.3 is 0 Å². The molecular formula is C20H27N3O3. The number of nitrogens with one attached hydrogen (secondary N) is 2. The standard InChI is InChI=1S/C20H27N3O3/c1-14-10-18(15(2)26-14)20(25)22-13-19(24)21-12-17(23(3)4)11-16-8-6-5-7-9-16/h5-10,17H,11-13H2,1-4H3,(H,21,24)(H,22,25). The number of amides is 2. The second kappa shape index (κ2) is 9.20. The highest BCUT2D eigenvalue weighted by atomic mass is 16.3. The van der Waals surface area contributed by atoms with Crippen LogP contribution in [0.25, 0.3) is 0 Å². The first-order valence-corrected chi connectivity index (χ1v) is 8.69. The number of hydrogen-bond acceptors (Lipinski definition) is 4. The molecule has 6 heteroatoms. The maximum Gasteiger partial charge on any atom is 0.255 e. The van der Waals surface area contributed by atoms with Gasteiger partial charge in [0.1, 0.15) is 11.5 Å². The lowest BCUT2D eigenvalue weighted by Crippen LogP contribution is -2.44. The quantitative estimate of drug-likeness (QED) is 0.757. The molecule has 0 aliphatic carbocycles. The molecule has 1 aromatic carbocycles. The summed E-state index contributed by atoms with van der Waals surface area (Å²) in [7, 11) is 3.98. The third-order valence-electron chi connectivity index (χ3n) is 4.27. The molecule has 0 saturated carbocycles. The van der Waals surface area contributed by atoms with Gasteiger partial charge in [0.25, 0.3) is 5.91 Å². The van der Waals surface area contributed by atoms with Gasteiger partial charge in [-0.15, -0.1) is 0 Å². The summed E-state index contributed by atoms with van der Waals surface area (Å²) < 4.78 is 5.34. The molecule has 0 aliphatic rings. The minimum atomic E-state index is -0.303. The summed E-state index contributed by atoms with van der Waals surface area (Å²) in [4.78, 5) is 26.3. The number of carbonyl (C=O) groups excluding carboxylic acids is 2. The molecule has 2 rings (SSSR count). The monoisotopic (exact) mass is 357 g/mol. The molecule has 2 N–H and O–H groups in total. The summed E-state index contributed by atoms with van der Waals surface area (Å²) in [6, 6.07) is 12.0. The normalized spacial score (nSPS) is 12.0. The van der Waals surface area contributed by atoms with Crippen LogP contribution in [0.1, 0.15) is 27.4 Å². The van der Waals surface area contributed by atoms with E-state index in [2.05, 4.69) is 27.7 Å². The van der Waals surface area contributed by atoms with E-state index in [0.29, 0.717) is 23.6 Å². The summed E-state index contributed by atoms with van der Waals surface area (Å²) in [5.41, 5.74) is 1.69. The highest BCUT2D eigenvalue weighted by molar-refractivity contribution is 5.97. The summed E-state index contributed by atoms with van der Waals surface area (Å²) in [5.74, 6) is 0.710. The van der Waals surface area contributed by atoms with Crippen LogP contribution in [0, 0.1) is 13.8 Å². The van der Waals surface area contributed by atoms with Crippen molar-refractivity contribution in [3.05, 3.63) is 59.0 Å². The molecule has 0 radical (unpaired) electrons. The van der Waals surface area contributed by atoms with Gasteiger partial charge in [-0.05, 0) is 46.0 Å².